The lowest BCUT2D eigenvalue weighted by atomic mass is 9.92. The van der Waals surface area contributed by atoms with E-state index in [9.17, 15) is 9.50 Å². The van der Waals surface area contributed by atoms with Gasteiger partial charge < -0.3 is 10.4 Å². The number of hydrogen-bond donors (Lipinski definition) is 2. The highest BCUT2D eigenvalue weighted by Crippen LogP contribution is 2.28. The van der Waals surface area contributed by atoms with E-state index in [1.54, 1.807) is 11.3 Å². The molecule has 1 aromatic carbocycles. The molecule has 21 heavy (non-hydrogen) atoms. The molecule has 1 aliphatic carbocycles. The van der Waals surface area contributed by atoms with Crippen LogP contribution in [0.15, 0.2) is 35.7 Å². The number of halogens is 1. The Morgan fingerprint density at radius 2 is 2.10 bits per heavy atom. The molecular weight excluding hydrogens is 285 g/mol. The highest BCUT2D eigenvalue weighted by Gasteiger charge is 2.22. The molecule has 0 spiro atoms. The second-order valence-corrected chi connectivity index (χ2v) is 6.58. The van der Waals surface area contributed by atoms with Crippen molar-refractivity contribution in [1.29, 1.82) is 0 Å². The molecule has 112 valence electrons. The summed E-state index contributed by atoms with van der Waals surface area (Å²) in [6, 6.07) is 9.28. The van der Waals surface area contributed by atoms with Crippen LogP contribution in [0.3, 0.4) is 0 Å². The number of aliphatic hydroxyl groups is 1. The van der Waals surface area contributed by atoms with Crippen LogP contribution in [0.25, 0.3) is 10.4 Å². The number of hydrogen-bond acceptors (Lipinski definition) is 3. The van der Waals surface area contributed by atoms with Gasteiger partial charge in [-0.25, -0.2) is 4.39 Å². The SMILES string of the molecule is OC1CCCCC1NCc1ccc(F)c(-c2cccs2)c1. The Bertz CT molecular complexity index is 584. The first kappa shape index (κ1) is 14.7. The van der Waals surface area contributed by atoms with Gasteiger partial charge >= 0.3 is 0 Å². The summed E-state index contributed by atoms with van der Waals surface area (Å²) in [5.41, 5.74) is 1.71. The van der Waals surface area contributed by atoms with Gasteiger partial charge in [0, 0.05) is 23.0 Å². The van der Waals surface area contributed by atoms with Crippen LogP contribution in [0.1, 0.15) is 31.2 Å². The third kappa shape index (κ3) is 3.51. The second-order valence-electron chi connectivity index (χ2n) is 5.63. The van der Waals surface area contributed by atoms with Crippen LogP contribution >= 0.6 is 11.3 Å². The van der Waals surface area contributed by atoms with Crippen molar-refractivity contribution < 1.29 is 9.50 Å². The minimum atomic E-state index is -0.254. The zero-order valence-corrected chi connectivity index (χ0v) is 12.7. The van der Waals surface area contributed by atoms with Crippen molar-refractivity contribution in [2.24, 2.45) is 0 Å². The van der Waals surface area contributed by atoms with Crippen LogP contribution in [-0.4, -0.2) is 17.3 Å². The molecule has 0 bridgehead atoms. The Labute approximate surface area is 128 Å². The van der Waals surface area contributed by atoms with Gasteiger partial charge in [0.2, 0.25) is 0 Å². The molecule has 2 atom stereocenters. The molecule has 4 heteroatoms. The van der Waals surface area contributed by atoms with E-state index in [1.807, 2.05) is 29.6 Å². The molecule has 0 saturated heterocycles. The first-order valence-corrected chi connectivity index (χ1v) is 8.36. The summed E-state index contributed by atoms with van der Waals surface area (Å²) in [7, 11) is 0. The smallest absolute Gasteiger partial charge is 0.131 e. The predicted molar refractivity (Wildman–Crippen MR) is 84.8 cm³/mol. The average Bonchev–Trinajstić information content (AvgIpc) is 3.02. The van der Waals surface area contributed by atoms with Crippen molar-refractivity contribution in [2.45, 2.75) is 44.4 Å². The fraction of sp³-hybridized carbons (Fsp3) is 0.412. The van der Waals surface area contributed by atoms with Gasteiger partial charge in [0.25, 0.3) is 0 Å². The van der Waals surface area contributed by atoms with E-state index in [4.69, 9.17) is 0 Å². The molecule has 0 radical (unpaired) electrons. The van der Waals surface area contributed by atoms with Gasteiger partial charge in [0.05, 0.1) is 6.10 Å². The molecule has 1 aromatic heterocycles. The van der Waals surface area contributed by atoms with E-state index in [0.717, 1.165) is 29.7 Å². The van der Waals surface area contributed by atoms with E-state index in [-0.39, 0.29) is 18.0 Å². The number of nitrogens with one attached hydrogen (secondary N) is 1. The molecule has 1 saturated carbocycles. The first-order valence-electron chi connectivity index (χ1n) is 7.48. The maximum absolute atomic E-state index is 13.9. The molecule has 1 heterocycles. The van der Waals surface area contributed by atoms with Crippen molar-refractivity contribution in [1.82, 2.24) is 5.32 Å². The molecular formula is C17H20FNOS. The highest BCUT2D eigenvalue weighted by molar-refractivity contribution is 7.13. The Balaban J connectivity index is 1.70. The number of thiophene rings is 1. The Morgan fingerprint density at radius 1 is 1.24 bits per heavy atom. The van der Waals surface area contributed by atoms with E-state index >= 15 is 0 Å². The third-order valence-corrected chi connectivity index (χ3v) is 5.02. The minimum absolute atomic E-state index is 0.161. The first-order chi connectivity index (χ1) is 10.2. The average molecular weight is 305 g/mol. The lowest BCUT2D eigenvalue weighted by Crippen LogP contribution is -2.41. The van der Waals surface area contributed by atoms with Crippen molar-refractivity contribution in [3.63, 3.8) is 0 Å². The molecule has 2 nitrogen and oxygen atoms in total. The van der Waals surface area contributed by atoms with Crippen molar-refractivity contribution >= 4 is 11.3 Å². The normalized spacial score (nSPS) is 22.4. The summed E-state index contributed by atoms with van der Waals surface area (Å²) >= 11 is 1.55. The van der Waals surface area contributed by atoms with Gasteiger partial charge in [-0.3, -0.25) is 0 Å². The summed E-state index contributed by atoms with van der Waals surface area (Å²) in [4.78, 5) is 0.951. The van der Waals surface area contributed by atoms with E-state index in [2.05, 4.69) is 5.32 Å². The summed E-state index contributed by atoms with van der Waals surface area (Å²) < 4.78 is 13.9. The van der Waals surface area contributed by atoms with Crippen LogP contribution in [0, 0.1) is 5.82 Å². The summed E-state index contributed by atoms with van der Waals surface area (Å²) in [6.45, 7) is 0.667. The van der Waals surface area contributed by atoms with Gasteiger partial charge in [-0.2, -0.15) is 0 Å². The monoisotopic (exact) mass is 305 g/mol. The molecule has 2 aromatic rings. The minimum Gasteiger partial charge on any atom is -0.392 e. The topological polar surface area (TPSA) is 32.3 Å². The van der Waals surface area contributed by atoms with Crippen LogP contribution in [0.2, 0.25) is 0 Å². The molecule has 3 rings (SSSR count). The standard InChI is InChI=1S/C17H20FNOS/c18-14-8-7-12(10-13(14)17-6-3-9-21-17)11-19-15-4-1-2-5-16(15)20/h3,6-10,15-16,19-20H,1-2,4-5,11H2. The lowest BCUT2D eigenvalue weighted by Gasteiger charge is -2.28. The van der Waals surface area contributed by atoms with Crippen molar-refractivity contribution in [3.05, 3.63) is 47.1 Å². The fourth-order valence-corrected chi connectivity index (χ4v) is 3.65. The second kappa shape index (κ2) is 6.69. The van der Waals surface area contributed by atoms with Crippen LogP contribution in [0.5, 0.6) is 0 Å². The number of benzene rings is 1. The maximum Gasteiger partial charge on any atom is 0.131 e. The number of rotatable bonds is 4. The van der Waals surface area contributed by atoms with E-state index < -0.39 is 0 Å². The highest BCUT2D eigenvalue weighted by atomic mass is 32.1. The zero-order valence-electron chi connectivity index (χ0n) is 11.9. The van der Waals surface area contributed by atoms with Gasteiger partial charge in [-0.1, -0.05) is 25.0 Å². The Hall–Kier alpha value is -1.23. The summed E-state index contributed by atoms with van der Waals surface area (Å²) in [6.07, 6.45) is 3.91. The zero-order chi connectivity index (χ0) is 14.7. The van der Waals surface area contributed by atoms with Crippen LogP contribution in [0.4, 0.5) is 4.39 Å². The lowest BCUT2D eigenvalue weighted by molar-refractivity contribution is 0.0902. The van der Waals surface area contributed by atoms with E-state index in [1.165, 1.54) is 12.5 Å². The molecule has 2 unspecified atom stereocenters. The van der Waals surface area contributed by atoms with Gasteiger partial charge in [0.15, 0.2) is 0 Å². The fourth-order valence-electron chi connectivity index (χ4n) is 2.90. The maximum atomic E-state index is 13.9. The van der Waals surface area contributed by atoms with Gasteiger partial charge in [-0.15, -0.1) is 11.3 Å². The third-order valence-electron chi connectivity index (χ3n) is 4.12. The number of aliphatic hydroxyl groups excluding tert-OH is 1. The summed E-state index contributed by atoms with van der Waals surface area (Å²) in [5, 5.41) is 15.3. The van der Waals surface area contributed by atoms with E-state index in [0.29, 0.717) is 12.1 Å². The molecule has 0 aliphatic heterocycles. The molecule has 0 amide bonds. The van der Waals surface area contributed by atoms with Gasteiger partial charge in [-0.05, 0) is 42.0 Å². The Kier molecular flexibility index (Phi) is 4.68. The van der Waals surface area contributed by atoms with Crippen LogP contribution < -0.4 is 5.32 Å². The largest absolute Gasteiger partial charge is 0.392 e. The Morgan fingerprint density at radius 3 is 2.86 bits per heavy atom. The quantitative estimate of drug-likeness (QED) is 0.896. The summed E-state index contributed by atoms with van der Waals surface area (Å²) in [5.74, 6) is -0.182. The predicted octanol–water partition coefficient (Wildman–Crippen LogP) is 3.95. The van der Waals surface area contributed by atoms with Gasteiger partial charge in [0.1, 0.15) is 5.82 Å². The molecule has 1 fully saturated rings. The van der Waals surface area contributed by atoms with Crippen molar-refractivity contribution in [2.75, 3.05) is 0 Å². The van der Waals surface area contributed by atoms with Crippen LogP contribution in [-0.2, 0) is 6.54 Å². The molecule has 2 N–H and O–H groups in total. The van der Waals surface area contributed by atoms with Crippen molar-refractivity contribution in [3.8, 4) is 10.4 Å². The molecule has 1 aliphatic rings.